The second-order valence-electron chi connectivity index (χ2n) is 4.41. The highest BCUT2D eigenvalue weighted by Crippen LogP contribution is 2.24. The number of carbonyl (C=O) groups excluding carboxylic acids is 1. The molecule has 2 rings (SSSR count). The number of ether oxygens (including phenoxy) is 1. The first-order valence-electron chi connectivity index (χ1n) is 6.29. The Hall–Kier alpha value is -1.82. The minimum Gasteiger partial charge on any atom is -0.480 e. The smallest absolute Gasteiger partial charge is 0.282 e. The zero-order chi connectivity index (χ0) is 13.8. The van der Waals surface area contributed by atoms with Gasteiger partial charge < -0.3 is 9.64 Å². The van der Waals surface area contributed by atoms with Gasteiger partial charge >= 0.3 is 0 Å². The molecular weight excluding hydrogens is 246 g/mol. The lowest BCUT2D eigenvalue weighted by atomic mass is 10.2. The Morgan fingerprint density at radius 2 is 2.00 bits per heavy atom. The third kappa shape index (κ3) is 2.78. The Morgan fingerprint density at radius 3 is 2.58 bits per heavy atom. The van der Waals surface area contributed by atoms with Crippen molar-refractivity contribution < 1.29 is 14.4 Å². The number of methoxy groups -OCH3 is 1. The molecule has 0 N–H and O–H groups in total. The average Bonchev–Trinajstić information content (AvgIpc) is 2.99. The molecule has 2 heterocycles. The van der Waals surface area contributed by atoms with Crippen molar-refractivity contribution in [3.05, 3.63) is 17.7 Å². The summed E-state index contributed by atoms with van der Waals surface area (Å²) in [6.45, 7) is 2.00. The maximum atomic E-state index is 12.1. The lowest BCUT2D eigenvalue weighted by molar-refractivity contribution is -0.0758. The molecule has 0 spiro atoms. The summed E-state index contributed by atoms with van der Waals surface area (Å²) in [5.41, 5.74) is 0.398. The van der Waals surface area contributed by atoms with E-state index in [1.807, 2.05) is 6.07 Å². The molecule has 1 saturated heterocycles. The van der Waals surface area contributed by atoms with Crippen LogP contribution in [0.25, 0.3) is 0 Å². The summed E-state index contributed by atoms with van der Waals surface area (Å²) in [7, 11) is 4.51. The molecule has 1 aromatic heterocycles. The van der Waals surface area contributed by atoms with E-state index in [1.54, 1.807) is 13.1 Å². The fourth-order valence-electron chi connectivity index (χ4n) is 2.12. The van der Waals surface area contributed by atoms with Crippen molar-refractivity contribution in [2.24, 2.45) is 0 Å². The van der Waals surface area contributed by atoms with Crippen molar-refractivity contribution in [1.29, 1.82) is 0 Å². The van der Waals surface area contributed by atoms with Crippen molar-refractivity contribution in [3.8, 4) is 5.88 Å². The van der Waals surface area contributed by atoms with Crippen LogP contribution in [0.5, 0.6) is 5.88 Å². The summed E-state index contributed by atoms with van der Waals surface area (Å²) in [6.07, 6.45) is 2.36. The molecule has 6 heteroatoms. The van der Waals surface area contributed by atoms with E-state index in [0.717, 1.165) is 24.0 Å². The SMILES string of the molecule is COc1nc(N2CCCC2)ccc1C(=O)N(C)OC. The second kappa shape index (κ2) is 5.88. The summed E-state index contributed by atoms with van der Waals surface area (Å²) in [5, 5.41) is 1.15. The van der Waals surface area contributed by atoms with Crippen molar-refractivity contribution in [2.75, 3.05) is 39.3 Å². The number of aromatic nitrogens is 1. The summed E-state index contributed by atoms with van der Waals surface area (Å²) >= 11 is 0. The van der Waals surface area contributed by atoms with Crippen molar-refractivity contribution in [1.82, 2.24) is 10.0 Å². The summed E-state index contributed by atoms with van der Waals surface area (Å²) < 4.78 is 5.22. The normalized spacial score (nSPS) is 14.6. The number of carbonyl (C=O) groups is 1. The average molecular weight is 265 g/mol. The van der Waals surface area contributed by atoms with E-state index in [2.05, 4.69) is 9.88 Å². The van der Waals surface area contributed by atoms with Gasteiger partial charge in [0.1, 0.15) is 11.4 Å². The molecule has 6 nitrogen and oxygen atoms in total. The quantitative estimate of drug-likeness (QED) is 0.769. The molecule has 1 fully saturated rings. The molecule has 104 valence electrons. The predicted molar refractivity (Wildman–Crippen MR) is 71.3 cm³/mol. The maximum Gasteiger partial charge on any atom is 0.282 e. The van der Waals surface area contributed by atoms with Crippen LogP contribution in [0.2, 0.25) is 0 Å². The fourth-order valence-corrected chi connectivity index (χ4v) is 2.12. The van der Waals surface area contributed by atoms with Gasteiger partial charge in [-0.2, -0.15) is 4.98 Å². The molecule has 0 aliphatic carbocycles. The van der Waals surface area contributed by atoms with Crippen molar-refractivity contribution in [2.45, 2.75) is 12.8 Å². The van der Waals surface area contributed by atoms with Crippen LogP contribution in [0.1, 0.15) is 23.2 Å². The molecule has 1 amide bonds. The second-order valence-corrected chi connectivity index (χ2v) is 4.41. The van der Waals surface area contributed by atoms with E-state index in [-0.39, 0.29) is 5.91 Å². The van der Waals surface area contributed by atoms with Crippen molar-refractivity contribution in [3.63, 3.8) is 0 Å². The Kier molecular flexibility index (Phi) is 4.21. The lowest BCUT2D eigenvalue weighted by Crippen LogP contribution is -2.26. The molecular formula is C13H19N3O3. The van der Waals surface area contributed by atoms with Crippen LogP contribution in [0, 0.1) is 0 Å². The molecule has 19 heavy (non-hydrogen) atoms. The number of pyridine rings is 1. The first-order valence-corrected chi connectivity index (χ1v) is 6.29. The fraction of sp³-hybridized carbons (Fsp3) is 0.538. The maximum absolute atomic E-state index is 12.1. The van der Waals surface area contributed by atoms with Crippen LogP contribution < -0.4 is 9.64 Å². The first-order chi connectivity index (χ1) is 9.17. The molecule has 0 atom stereocenters. The highest BCUT2D eigenvalue weighted by molar-refractivity contribution is 5.95. The molecule has 0 aromatic carbocycles. The predicted octanol–water partition coefficient (Wildman–Crippen LogP) is 1.32. The van der Waals surface area contributed by atoms with Gasteiger partial charge in [-0.1, -0.05) is 0 Å². The standard InChI is InChI=1S/C13H19N3O3/c1-15(19-3)13(17)10-6-7-11(14-12(10)18-2)16-8-4-5-9-16/h6-7H,4-5,8-9H2,1-3H3. The summed E-state index contributed by atoms with van der Waals surface area (Å²) in [4.78, 5) is 23.5. The zero-order valence-corrected chi connectivity index (χ0v) is 11.5. The van der Waals surface area contributed by atoms with Gasteiger partial charge in [0.2, 0.25) is 5.88 Å². The Morgan fingerprint density at radius 1 is 1.32 bits per heavy atom. The zero-order valence-electron chi connectivity index (χ0n) is 11.5. The molecule has 0 bridgehead atoms. The van der Waals surface area contributed by atoms with E-state index in [0.29, 0.717) is 11.4 Å². The van der Waals surface area contributed by atoms with Crippen LogP contribution >= 0.6 is 0 Å². The summed E-state index contributed by atoms with van der Waals surface area (Å²) in [6, 6.07) is 3.59. The van der Waals surface area contributed by atoms with Gasteiger partial charge in [0.05, 0.1) is 14.2 Å². The number of hydroxylamine groups is 2. The van der Waals surface area contributed by atoms with Crippen molar-refractivity contribution >= 4 is 11.7 Å². The van der Waals surface area contributed by atoms with E-state index in [9.17, 15) is 4.79 Å². The Labute approximate surface area is 112 Å². The van der Waals surface area contributed by atoms with Gasteiger partial charge in [-0.05, 0) is 25.0 Å². The number of rotatable bonds is 4. The van der Waals surface area contributed by atoms with Crippen LogP contribution in [0.3, 0.4) is 0 Å². The summed E-state index contributed by atoms with van der Waals surface area (Å²) in [5.74, 6) is 0.907. The van der Waals surface area contributed by atoms with Gasteiger partial charge in [-0.25, -0.2) is 5.06 Å². The van der Waals surface area contributed by atoms with E-state index >= 15 is 0 Å². The minimum absolute atomic E-state index is 0.278. The highest BCUT2D eigenvalue weighted by Gasteiger charge is 2.21. The molecule has 0 unspecified atom stereocenters. The van der Waals surface area contributed by atoms with Crippen LogP contribution in [0.15, 0.2) is 12.1 Å². The van der Waals surface area contributed by atoms with E-state index < -0.39 is 0 Å². The first kappa shape index (κ1) is 13.6. The monoisotopic (exact) mass is 265 g/mol. The van der Waals surface area contributed by atoms with Crippen LogP contribution in [-0.4, -0.2) is 50.3 Å². The van der Waals surface area contributed by atoms with Gasteiger partial charge in [-0.3, -0.25) is 9.63 Å². The number of hydrogen-bond acceptors (Lipinski definition) is 5. The van der Waals surface area contributed by atoms with E-state index in [4.69, 9.17) is 9.57 Å². The van der Waals surface area contributed by atoms with Crippen LogP contribution in [0.4, 0.5) is 5.82 Å². The Bertz CT molecular complexity index is 458. The largest absolute Gasteiger partial charge is 0.480 e. The molecule has 1 aliphatic rings. The lowest BCUT2D eigenvalue weighted by Gasteiger charge is -2.19. The topological polar surface area (TPSA) is 54.9 Å². The van der Waals surface area contributed by atoms with Gasteiger partial charge in [-0.15, -0.1) is 0 Å². The molecule has 1 aliphatic heterocycles. The Balaban J connectivity index is 2.28. The van der Waals surface area contributed by atoms with Gasteiger partial charge in [0.15, 0.2) is 0 Å². The van der Waals surface area contributed by atoms with Crippen LogP contribution in [-0.2, 0) is 4.84 Å². The van der Waals surface area contributed by atoms with Gasteiger partial charge in [0.25, 0.3) is 5.91 Å². The minimum atomic E-state index is -0.278. The third-order valence-corrected chi connectivity index (χ3v) is 3.26. The molecule has 0 radical (unpaired) electrons. The number of anilines is 1. The highest BCUT2D eigenvalue weighted by atomic mass is 16.7. The number of amides is 1. The molecule has 0 saturated carbocycles. The molecule has 1 aromatic rings. The number of nitrogens with zero attached hydrogens (tertiary/aromatic N) is 3. The number of hydrogen-bond donors (Lipinski definition) is 0. The third-order valence-electron chi connectivity index (χ3n) is 3.26. The van der Waals surface area contributed by atoms with Gasteiger partial charge in [0, 0.05) is 20.1 Å². The van der Waals surface area contributed by atoms with E-state index in [1.165, 1.54) is 27.1 Å².